The van der Waals surface area contributed by atoms with Crippen LogP contribution < -0.4 is 4.74 Å². The lowest BCUT2D eigenvalue weighted by Gasteiger charge is -2.43. The first kappa shape index (κ1) is 23.3. The molecule has 0 amide bonds. The molecule has 1 atom stereocenters. The van der Waals surface area contributed by atoms with Crippen molar-refractivity contribution < 1.29 is 24.1 Å². The minimum atomic E-state index is -0.573. The average Bonchev–Trinajstić information content (AvgIpc) is 3.52. The topological polar surface area (TPSA) is 29.5 Å². The second-order valence-corrected chi connectivity index (χ2v) is 8.21. The monoisotopic (exact) mass is 435 g/mol. The number of likely N-dealkylation sites (tertiary alicyclic amines) is 1. The molecule has 2 fully saturated rings. The molecule has 1 heterocycles. The lowest BCUT2D eigenvalue weighted by atomic mass is 9.95. The van der Waals surface area contributed by atoms with E-state index in [1.807, 2.05) is 20.8 Å². The van der Waals surface area contributed by atoms with Gasteiger partial charge in [0.1, 0.15) is 23.2 Å². The van der Waals surface area contributed by atoms with Crippen molar-refractivity contribution in [3.8, 4) is 5.75 Å². The van der Waals surface area contributed by atoms with Gasteiger partial charge in [-0.1, -0.05) is 13.8 Å². The Hall–Kier alpha value is -2.34. The molecule has 31 heavy (non-hydrogen) atoms. The van der Waals surface area contributed by atoms with E-state index in [1.54, 1.807) is 6.07 Å². The van der Waals surface area contributed by atoms with E-state index < -0.39 is 17.5 Å². The van der Waals surface area contributed by atoms with Gasteiger partial charge in [0.15, 0.2) is 5.78 Å². The summed E-state index contributed by atoms with van der Waals surface area (Å²) in [5.74, 6) is -0.856. The van der Waals surface area contributed by atoms with E-state index >= 15 is 0 Å². The van der Waals surface area contributed by atoms with Crippen LogP contribution in [0.2, 0.25) is 0 Å². The highest BCUT2D eigenvalue weighted by molar-refractivity contribution is 5.94. The SMILES string of the molecule is CC.CC(=O)c1cc(C2CC2)c(OCC2CN(C(C)c3cc(F)cc(F)c3)C2)cc1F.[HH]. The highest BCUT2D eigenvalue weighted by atomic mass is 19.1. The minimum absolute atomic E-state index is 0. The molecule has 0 spiro atoms. The van der Waals surface area contributed by atoms with Crippen LogP contribution in [0.15, 0.2) is 30.3 Å². The summed E-state index contributed by atoms with van der Waals surface area (Å²) in [6, 6.07) is 6.47. The summed E-state index contributed by atoms with van der Waals surface area (Å²) in [4.78, 5) is 13.7. The van der Waals surface area contributed by atoms with Gasteiger partial charge in [-0.2, -0.15) is 0 Å². The zero-order chi connectivity index (χ0) is 22.7. The molecule has 3 nitrogen and oxygen atoms in total. The summed E-state index contributed by atoms with van der Waals surface area (Å²) in [6.45, 7) is 9.22. The molecule has 1 unspecified atom stereocenters. The van der Waals surface area contributed by atoms with Crippen molar-refractivity contribution in [1.29, 1.82) is 0 Å². The summed E-state index contributed by atoms with van der Waals surface area (Å²) in [7, 11) is 0. The zero-order valence-corrected chi connectivity index (χ0v) is 18.6. The molecule has 2 aromatic carbocycles. The second kappa shape index (κ2) is 9.86. The lowest BCUT2D eigenvalue weighted by molar-refractivity contribution is 0.0305. The molecule has 4 rings (SSSR count). The number of rotatable bonds is 7. The van der Waals surface area contributed by atoms with E-state index in [1.165, 1.54) is 25.1 Å². The Morgan fingerprint density at radius 1 is 1.10 bits per heavy atom. The van der Waals surface area contributed by atoms with Crippen LogP contribution in [0.25, 0.3) is 0 Å². The largest absolute Gasteiger partial charge is 0.493 e. The molecule has 170 valence electrons. The second-order valence-electron chi connectivity index (χ2n) is 8.21. The van der Waals surface area contributed by atoms with Gasteiger partial charge < -0.3 is 4.74 Å². The fourth-order valence-corrected chi connectivity index (χ4v) is 3.95. The lowest BCUT2D eigenvalue weighted by Crippen LogP contribution is -2.50. The molecule has 0 bridgehead atoms. The van der Waals surface area contributed by atoms with E-state index in [2.05, 4.69) is 4.90 Å². The number of carbonyl (C=O) groups is 1. The summed E-state index contributed by atoms with van der Waals surface area (Å²) >= 11 is 0. The van der Waals surface area contributed by atoms with E-state index in [4.69, 9.17) is 4.74 Å². The van der Waals surface area contributed by atoms with Crippen molar-refractivity contribution in [3.05, 3.63) is 64.5 Å². The Morgan fingerprint density at radius 2 is 1.71 bits per heavy atom. The first-order valence-electron chi connectivity index (χ1n) is 11.0. The molecular weight excluding hydrogens is 403 g/mol. The number of halogens is 3. The maximum absolute atomic E-state index is 14.2. The highest BCUT2D eigenvalue weighted by Gasteiger charge is 2.33. The minimum Gasteiger partial charge on any atom is -0.493 e. The quantitative estimate of drug-likeness (QED) is 0.463. The molecule has 0 aromatic heterocycles. The summed E-state index contributed by atoms with van der Waals surface area (Å²) in [5.41, 5.74) is 1.64. The van der Waals surface area contributed by atoms with Crippen LogP contribution in [-0.4, -0.2) is 30.4 Å². The first-order valence-corrected chi connectivity index (χ1v) is 11.0. The van der Waals surface area contributed by atoms with E-state index in [0.717, 1.165) is 37.6 Å². The number of hydrogen-bond acceptors (Lipinski definition) is 3. The normalized spacial score (nSPS) is 17.4. The van der Waals surface area contributed by atoms with Gasteiger partial charge in [-0.15, -0.1) is 0 Å². The Kier molecular flexibility index (Phi) is 7.42. The van der Waals surface area contributed by atoms with Gasteiger partial charge in [0.05, 0.1) is 12.2 Å². The van der Waals surface area contributed by atoms with Gasteiger partial charge in [0.25, 0.3) is 0 Å². The summed E-state index contributed by atoms with van der Waals surface area (Å²) < 4.78 is 47.1. The Morgan fingerprint density at radius 3 is 2.26 bits per heavy atom. The van der Waals surface area contributed by atoms with Crippen molar-refractivity contribution in [1.82, 2.24) is 4.90 Å². The molecule has 2 aromatic rings. The number of ketones is 1. The van der Waals surface area contributed by atoms with Crippen LogP contribution in [0.5, 0.6) is 5.75 Å². The third-order valence-corrected chi connectivity index (χ3v) is 5.87. The summed E-state index contributed by atoms with van der Waals surface area (Å²) in [5, 5.41) is 0. The van der Waals surface area contributed by atoms with Gasteiger partial charge in [-0.25, -0.2) is 13.2 Å². The van der Waals surface area contributed by atoms with E-state index in [-0.39, 0.29) is 24.7 Å². The molecule has 1 saturated carbocycles. The van der Waals surface area contributed by atoms with Crippen LogP contribution in [0.4, 0.5) is 13.2 Å². The maximum atomic E-state index is 14.2. The fourth-order valence-electron chi connectivity index (χ4n) is 3.95. The number of nitrogens with zero attached hydrogens (tertiary/aromatic N) is 1. The predicted molar refractivity (Wildman–Crippen MR) is 117 cm³/mol. The van der Waals surface area contributed by atoms with Gasteiger partial charge in [-0.05, 0) is 61.9 Å². The van der Waals surface area contributed by atoms with Crippen LogP contribution in [0.3, 0.4) is 0 Å². The van der Waals surface area contributed by atoms with Crippen molar-refractivity contribution in [2.24, 2.45) is 5.92 Å². The Labute approximate surface area is 183 Å². The Balaban J connectivity index is 0.00000118. The third kappa shape index (κ3) is 5.48. The molecule has 0 N–H and O–H groups in total. The predicted octanol–water partition coefficient (Wildman–Crippen LogP) is 6.53. The number of hydrogen-bond donors (Lipinski definition) is 0. The van der Waals surface area contributed by atoms with Gasteiger partial charge in [0, 0.05) is 38.6 Å². The smallest absolute Gasteiger partial charge is 0.162 e. The molecule has 1 aliphatic carbocycles. The third-order valence-electron chi connectivity index (χ3n) is 5.87. The Bertz CT molecular complexity index is 923. The highest BCUT2D eigenvalue weighted by Crippen LogP contribution is 2.45. The van der Waals surface area contributed by atoms with Crippen LogP contribution in [-0.2, 0) is 0 Å². The van der Waals surface area contributed by atoms with Gasteiger partial charge in [-0.3, -0.25) is 9.69 Å². The van der Waals surface area contributed by atoms with Crippen molar-refractivity contribution in [3.63, 3.8) is 0 Å². The average molecular weight is 436 g/mol. The maximum Gasteiger partial charge on any atom is 0.162 e. The van der Waals surface area contributed by atoms with Crippen molar-refractivity contribution in [2.45, 2.75) is 52.5 Å². The molecule has 2 aliphatic rings. The standard InChI is InChI=1S/C23H24F3NO2.C2H6.H2/c1-13(17-5-18(24)7-19(25)6-17)27-10-15(11-27)12-29-23-9-22(26)20(14(2)28)8-21(23)16-3-4-16;1-2;/h5-9,13,15-16H,3-4,10-12H2,1-2H3;1-2H3;1H. The molecule has 1 aliphatic heterocycles. The number of Topliss-reactive ketones (excluding diaryl/α,β-unsaturated/α-hetero) is 1. The number of benzene rings is 2. The van der Waals surface area contributed by atoms with E-state index in [9.17, 15) is 18.0 Å². The van der Waals surface area contributed by atoms with Crippen molar-refractivity contribution in [2.75, 3.05) is 19.7 Å². The van der Waals surface area contributed by atoms with Crippen LogP contribution in [0, 0.1) is 23.4 Å². The summed E-state index contributed by atoms with van der Waals surface area (Å²) in [6.07, 6.45) is 2.05. The molecule has 6 heteroatoms. The molecule has 0 radical (unpaired) electrons. The first-order chi connectivity index (χ1) is 14.8. The number of carbonyl (C=O) groups excluding carboxylic acids is 1. The van der Waals surface area contributed by atoms with Crippen LogP contribution in [0.1, 0.15) is 75.4 Å². The molecular formula is C25H32F3NO2. The zero-order valence-electron chi connectivity index (χ0n) is 18.6. The van der Waals surface area contributed by atoms with Gasteiger partial charge in [0.2, 0.25) is 0 Å². The van der Waals surface area contributed by atoms with Crippen LogP contribution >= 0.6 is 0 Å². The van der Waals surface area contributed by atoms with Gasteiger partial charge >= 0.3 is 0 Å². The number of ether oxygens (including phenoxy) is 1. The van der Waals surface area contributed by atoms with Crippen molar-refractivity contribution >= 4 is 5.78 Å². The van der Waals surface area contributed by atoms with E-state index in [0.29, 0.717) is 23.8 Å². The molecule has 1 saturated heterocycles. The fraction of sp³-hybridized carbons (Fsp3) is 0.480.